The van der Waals surface area contributed by atoms with Crippen LogP contribution in [-0.4, -0.2) is 0 Å². The van der Waals surface area contributed by atoms with E-state index < -0.39 is 0 Å². The van der Waals surface area contributed by atoms with Gasteiger partial charge in [-0.15, -0.1) is 0 Å². The summed E-state index contributed by atoms with van der Waals surface area (Å²) in [6.45, 7) is 25.7. The molecule has 1 saturated carbocycles. The first-order valence-electron chi connectivity index (χ1n) is 11.8. The monoisotopic (exact) mass is 368 g/mol. The molecule has 2 atom stereocenters. The van der Waals surface area contributed by atoms with Crippen LogP contribution in [0.3, 0.4) is 0 Å². The normalized spacial score (nSPS) is 14.8. The molecule has 0 aliphatic heterocycles. The van der Waals surface area contributed by atoms with E-state index in [9.17, 15) is 0 Å². The van der Waals surface area contributed by atoms with Crippen LogP contribution in [0.2, 0.25) is 0 Å². The fourth-order valence-electron chi connectivity index (χ4n) is 1.61. The van der Waals surface area contributed by atoms with E-state index in [1.165, 1.54) is 38.5 Å². The van der Waals surface area contributed by atoms with Gasteiger partial charge in [0, 0.05) is 0 Å². The Morgan fingerprint density at radius 3 is 1.31 bits per heavy atom. The number of hydrogen-bond acceptors (Lipinski definition) is 0. The van der Waals surface area contributed by atoms with Gasteiger partial charge in [-0.05, 0) is 43.4 Å². The Kier molecular flexibility index (Phi) is 37.2. The van der Waals surface area contributed by atoms with Gasteiger partial charge in [0.25, 0.3) is 0 Å². The summed E-state index contributed by atoms with van der Waals surface area (Å²) < 4.78 is 0. The van der Waals surface area contributed by atoms with Crippen LogP contribution >= 0.6 is 0 Å². The molecule has 0 aromatic carbocycles. The first kappa shape index (κ1) is 33.1. The molecule has 1 aliphatic carbocycles. The molecule has 0 saturated heterocycles. The average molecular weight is 369 g/mol. The second-order valence-electron chi connectivity index (χ2n) is 6.93. The zero-order valence-corrected chi connectivity index (χ0v) is 20.9. The van der Waals surface area contributed by atoms with Crippen LogP contribution in [0.25, 0.3) is 0 Å². The molecule has 0 N–H and O–H groups in total. The van der Waals surface area contributed by atoms with Gasteiger partial charge >= 0.3 is 0 Å². The molecule has 0 amide bonds. The topological polar surface area (TPSA) is 0 Å². The van der Waals surface area contributed by atoms with E-state index in [2.05, 4.69) is 79.7 Å². The van der Waals surface area contributed by atoms with Gasteiger partial charge in [0.1, 0.15) is 0 Å². The summed E-state index contributed by atoms with van der Waals surface area (Å²) in [6.07, 6.45) is 17.5. The predicted octanol–water partition coefficient (Wildman–Crippen LogP) is 10.1. The molecule has 0 aromatic rings. The first-order chi connectivity index (χ1) is 12.5. The highest BCUT2D eigenvalue weighted by Crippen LogP contribution is 2.38. The van der Waals surface area contributed by atoms with Crippen molar-refractivity contribution >= 4 is 0 Å². The van der Waals surface area contributed by atoms with Gasteiger partial charge in [0.15, 0.2) is 0 Å². The lowest BCUT2D eigenvalue weighted by molar-refractivity contribution is 0.500. The first-order valence-corrected chi connectivity index (χ1v) is 11.8. The van der Waals surface area contributed by atoms with Gasteiger partial charge in [-0.3, -0.25) is 0 Å². The summed E-state index contributed by atoms with van der Waals surface area (Å²) in [7, 11) is 0. The summed E-state index contributed by atoms with van der Waals surface area (Å²) in [5.74, 6) is 3.13. The largest absolute Gasteiger partial charge is 0.0911 e. The molecular weight excluding hydrogens is 312 g/mol. The van der Waals surface area contributed by atoms with Gasteiger partial charge in [-0.1, -0.05) is 126 Å². The summed E-state index contributed by atoms with van der Waals surface area (Å²) in [5.41, 5.74) is 0. The van der Waals surface area contributed by atoms with Gasteiger partial charge in [0.2, 0.25) is 0 Å². The second kappa shape index (κ2) is 29.3. The van der Waals surface area contributed by atoms with Gasteiger partial charge < -0.3 is 0 Å². The lowest BCUT2D eigenvalue weighted by Gasteiger charge is -2.12. The van der Waals surface area contributed by atoms with Crippen LogP contribution in [0.5, 0.6) is 0 Å². The maximum absolute atomic E-state index is 2.42. The number of hydrogen-bond donors (Lipinski definition) is 0. The zero-order valence-electron chi connectivity index (χ0n) is 20.9. The second-order valence-corrected chi connectivity index (χ2v) is 6.93. The number of rotatable bonds is 7. The Labute approximate surface area is 170 Å². The summed E-state index contributed by atoms with van der Waals surface area (Å²) in [6, 6.07) is 0. The third kappa shape index (κ3) is 28.3. The van der Waals surface area contributed by atoms with Crippen LogP contribution < -0.4 is 0 Å². The highest BCUT2D eigenvalue weighted by Gasteiger charge is 2.27. The molecule has 160 valence electrons. The molecule has 0 heterocycles. The minimum atomic E-state index is 0.709. The Hall–Kier alpha value is -0.520. The van der Waals surface area contributed by atoms with E-state index in [0.717, 1.165) is 11.8 Å². The van der Waals surface area contributed by atoms with Crippen molar-refractivity contribution in [3.05, 3.63) is 24.3 Å². The molecule has 1 fully saturated rings. The van der Waals surface area contributed by atoms with E-state index in [4.69, 9.17) is 0 Å². The lowest BCUT2D eigenvalue weighted by Crippen LogP contribution is -2.01. The fourth-order valence-corrected chi connectivity index (χ4v) is 1.61. The van der Waals surface area contributed by atoms with E-state index >= 15 is 0 Å². The fraction of sp³-hybridized carbons (Fsp3) is 0.846. The Bertz CT molecular complexity index is 247. The molecule has 2 unspecified atom stereocenters. The quantitative estimate of drug-likeness (QED) is 0.392. The van der Waals surface area contributed by atoms with Crippen LogP contribution in [0.1, 0.15) is 122 Å². The number of unbranched alkanes of at least 4 members (excludes halogenated alkanes) is 2. The van der Waals surface area contributed by atoms with Crippen LogP contribution in [-0.2, 0) is 0 Å². The molecule has 0 bridgehead atoms. The van der Waals surface area contributed by atoms with Crippen LogP contribution in [0.4, 0.5) is 0 Å². The van der Waals surface area contributed by atoms with Crippen molar-refractivity contribution < 1.29 is 0 Å². The van der Waals surface area contributed by atoms with Crippen molar-refractivity contribution in [2.75, 3.05) is 0 Å². The average Bonchev–Trinajstić information content (AvgIpc) is 3.53. The van der Waals surface area contributed by atoms with Crippen molar-refractivity contribution in [1.29, 1.82) is 0 Å². The SMILES string of the molecule is CC.CC.CC=CC(C=CC(C)C(C)C)C1CC1.CCCC.CCCC. The van der Waals surface area contributed by atoms with Gasteiger partial charge in [-0.25, -0.2) is 0 Å². The van der Waals surface area contributed by atoms with E-state index in [1.807, 2.05) is 27.7 Å². The molecule has 0 spiro atoms. The lowest BCUT2D eigenvalue weighted by atomic mass is 9.94. The summed E-state index contributed by atoms with van der Waals surface area (Å²) in [4.78, 5) is 0. The third-order valence-electron chi connectivity index (χ3n) is 4.27. The highest BCUT2D eigenvalue weighted by molar-refractivity contribution is 5.07. The third-order valence-corrected chi connectivity index (χ3v) is 4.27. The molecular formula is C26H56. The van der Waals surface area contributed by atoms with Crippen LogP contribution in [0, 0.1) is 23.7 Å². The van der Waals surface area contributed by atoms with Gasteiger partial charge in [-0.2, -0.15) is 0 Å². The Morgan fingerprint density at radius 1 is 0.692 bits per heavy atom. The maximum Gasteiger partial charge on any atom is -0.00252 e. The predicted molar refractivity (Wildman–Crippen MR) is 128 cm³/mol. The van der Waals surface area contributed by atoms with Crippen LogP contribution in [0.15, 0.2) is 24.3 Å². The molecule has 0 heteroatoms. The Morgan fingerprint density at radius 2 is 1.08 bits per heavy atom. The zero-order chi connectivity index (χ0) is 21.4. The highest BCUT2D eigenvalue weighted by atomic mass is 14.3. The van der Waals surface area contributed by atoms with Crippen molar-refractivity contribution in [2.45, 2.75) is 122 Å². The van der Waals surface area contributed by atoms with E-state index in [1.54, 1.807) is 0 Å². The summed E-state index contributed by atoms with van der Waals surface area (Å²) >= 11 is 0. The molecule has 1 aliphatic rings. The van der Waals surface area contributed by atoms with Crippen molar-refractivity contribution in [3.63, 3.8) is 0 Å². The number of allylic oxidation sites excluding steroid dienone is 4. The smallest absolute Gasteiger partial charge is 0.00252 e. The molecule has 1 rings (SSSR count). The minimum Gasteiger partial charge on any atom is -0.0911 e. The van der Waals surface area contributed by atoms with Crippen molar-refractivity contribution in [2.24, 2.45) is 23.7 Å². The van der Waals surface area contributed by atoms with Crippen molar-refractivity contribution in [3.8, 4) is 0 Å². The van der Waals surface area contributed by atoms with E-state index in [-0.39, 0.29) is 0 Å². The minimum absolute atomic E-state index is 0.709. The standard InChI is InChI=1S/C14H24.2C4H10.2C2H6/c1-5-6-13(14-9-10-14)8-7-12(4)11(2)3;2*1-3-4-2;2*1-2/h5-8,11-14H,9-10H2,1-4H3;2*3-4H2,1-2H3;2*1-2H3. The Balaban J connectivity index is -0.000000167. The summed E-state index contributed by atoms with van der Waals surface area (Å²) in [5, 5.41) is 0. The molecule has 0 radical (unpaired) electrons. The molecule has 26 heavy (non-hydrogen) atoms. The van der Waals surface area contributed by atoms with Gasteiger partial charge in [0.05, 0.1) is 0 Å². The molecule has 0 nitrogen and oxygen atoms in total. The van der Waals surface area contributed by atoms with Crippen molar-refractivity contribution in [1.82, 2.24) is 0 Å². The maximum atomic E-state index is 2.42. The molecule has 0 aromatic heterocycles. The van der Waals surface area contributed by atoms with E-state index in [0.29, 0.717) is 11.8 Å².